The number of amides is 1. The molecule has 0 aliphatic heterocycles. The molecule has 4 rings (SSSR count). The maximum Gasteiger partial charge on any atom is 0.249 e. The van der Waals surface area contributed by atoms with E-state index in [0.29, 0.717) is 18.2 Å². The third-order valence-electron chi connectivity index (χ3n) is 5.07. The molecular formula is C26H23BrN2O3. The molecule has 0 radical (unpaired) electrons. The van der Waals surface area contributed by atoms with Gasteiger partial charge in [0.05, 0.1) is 12.9 Å². The lowest BCUT2D eigenvalue weighted by molar-refractivity contribution is -0.111. The van der Waals surface area contributed by atoms with Crippen LogP contribution in [0.15, 0.2) is 76.0 Å². The van der Waals surface area contributed by atoms with Crippen molar-refractivity contribution in [3.05, 3.63) is 82.7 Å². The number of hydrogen-bond donors (Lipinski definition) is 1. The van der Waals surface area contributed by atoms with Gasteiger partial charge < -0.3 is 14.5 Å². The fourth-order valence-corrected chi connectivity index (χ4v) is 3.73. The lowest BCUT2D eigenvalue weighted by Crippen LogP contribution is -2.10. The summed E-state index contributed by atoms with van der Waals surface area (Å²) in [7, 11) is 0. The SMILES string of the molecule is CCOc1cc2occ(-c3ccc(Br)cc3)c2cc1/C(C)=C/C(=O)Nc1ccc(C)cn1. The normalized spacial score (nSPS) is 11.6. The number of aryl methyl sites for hydroxylation is 1. The molecule has 0 fully saturated rings. The number of furan rings is 1. The summed E-state index contributed by atoms with van der Waals surface area (Å²) in [6, 6.07) is 15.7. The van der Waals surface area contributed by atoms with E-state index in [1.54, 1.807) is 24.6 Å². The second-order valence-corrected chi connectivity index (χ2v) is 8.39. The third kappa shape index (κ3) is 4.75. The molecule has 2 heterocycles. The van der Waals surface area contributed by atoms with Gasteiger partial charge in [-0.25, -0.2) is 4.98 Å². The minimum atomic E-state index is -0.248. The summed E-state index contributed by atoms with van der Waals surface area (Å²) in [6.45, 7) is 6.28. The second kappa shape index (κ2) is 9.40. The lowest BCUT2D eigenvalue weighted by atomic mass is 9.99. The van der Waals surface area contributed by atoms with Crippen molar-refractivity contribution in [3.63, 3.8) is 0 Å². The molecule has 0 unspecified atom stereocenters. The number of allylic oxidation sites excluding steroid dienone is 1. The summed E-state index contributed by atoms with van der Waals surface area (Å²) in [6.07, 6.45) is 5.03. The Bertz CT molecular complexity index is 1290. The van der Waals surface area contributed by atoms with Crippen molar-refractivity contribution in [1.29, 1.82) is 0 Å². The number of carbonyl (C=O) groups is 1. The van der Waals surface area contributed by atoms with E-state index in [1.807, 2.05) is 63.2 Å². The molecule has 6 heteroatoms. The molecule has 0 bridgehead atoms. The Morgan fingerprint density at radius 2 is 1.97 bits per heavy atom. The lowest BCUT2D eigenvalue weighted by Gasteiger charge is -2.12. The highest BCUT2D eigenvalue weighted by Crippen LogP contribution is 2.37. The van der Waals surface area contributed by atoms with Crippen LogP contribution in [0.2, 0.25) is 0 Å². The van der Waals surface area contributed by atoms with Crippen molar-refractivity contribution < 1.29 is 13.9 Å². The van der Waals surface area contributed by atoms with Crippen molar-refractivity contribution in [2.75, 3.05) is 11.9 Å². The number of rotatable bonds is 6. The summed E-state index contributed by atoms with van der Waals surface area (Å²) < 4.78 is 12.7. The van der Waals surface area contributed by atoms with E-state index in [2.05, 4.69) is 26.2 Å². The number of carbonyl (C=O) groups excluding carboxylic acids is 1. The van der Waals surface area contributed by atoms with E-state index < -0.39 is 0 Å². The maximum absolute atomic E-state index is 12.6. The number of nitrogens with one attached hydrogen (secondary N) is 1. The number of ether oxygens (including phenoxy) is 1. The summed E-state index contributed by atoms with van der Waals surface area (Å²) in [4.78, 5) is 16.8. The first-order valence-corrected chi connectivity index (χ1v) is 11.1. The molecule has 0 saturated carbocycles. The zero-order valence-corrected chi connectivity index (χ0v) is 19.7. The molecule has 2 aromatic carbocycles. The molecule has 5 nitrogen and oxygen atoms in total. The zero-order valence-electron chi connectivity index (χ0n) is 18.1. The Kier molecular flexibility index (Phi) is 6.42. The van der Waals surface area contributed by atoms with Gasteiger partial charge in [-0.1, -0.05) is 34.1 Å². The topological polar surface area (TPSA) is 64.4 Å². The van der Waals surface area contributed by atoms with E-state index in [9.17, 15) is 4.79 Å². The fourth-order valence-electron chi connectivity index (χ4n) is 3.47. The van der Waals surface area contributed by atoms with Crippen LogP contribution >= 0.6 is 15.9 Å². The van der Waals surface area contributed by atoms with Gasteiger partial charge in [-0.15, -0.1) is 0 Å². The van der Waals surface area contributed by atoms with Crippen LogP contribution in [0.4, 0.5) is 5.82 Å². The van der Waals surface area contributed by atoms with Gasteiger partial charge in [-0.2, -0.15) is 0 Å². The van der Waals surface area contributed by atoms with Crippen molar-refractivity contribution in [2.45, 2.75) is 20.8 Å². The van der Waals surface area contributed by atoms with Crippen LogP contribution in [-0.2, 0) is 4.79 Å². The van der Waals surface area contributed by atoms with Crippen LogP contribution in [0.5, 0.6) is 5.75 Å². The number of pyridine rings is 1. The Morgan fingerprint density at radius 1 is 1.19 bits per heavy atom. The van der Waals surface area contributed by atoms with Crippen molar-refractivity contribution >= 4 is 44.2 Å². The van der Waals surface area contributed by atoms with Gasteiger partial charge in [0.2, 0.25) is 5.91 Å². The monoisotopic (exact) mass is 490 g/mol. The van der Waals surface area contributed by atoms with E-state index >= 15 is 0 Å². The van der Waals surface area contributed by atoms with Gasteiger partial charge in [-0.3, -0.25) is 4.79 Å². The summed E-state index contributed by atoms with van der Waals surface area (Å²) in [5.74, 6) is 0.936. The Balaban J connectivity index is 1.71. The molecule has 2 aromatic heterocycles. The van der Waals surface area contributed by atoms with Crippen LogP contribution in [0.25, 0.3) is 27.7 Å². The Labute approximate surface area is 195 Å². The predicted octanol–water partition coefficient (Wildman–Crippen LogP) is 7.01. The third-order valence-corrected chi connectivity index (χ3v) is 5.59. The van der Waals surface area contributed by atoms with Gasteiger partial charge in [-0.05, 0) is 61.7 Å². The number of aromatic nitrogens is 1. The first-order valence-electron chi connectivity index (χ1n) is 10.3. The van der Waals surface area contributed by atoms with Crippen LogP contribution in [0.3, 0.4) is 0 Å². The highest BCUT2D eigenvalue weighted by molar-refractivity contribution is 9.10. The second-order valence-electron chi connectivity index (χ2n) is 7.47. The fraction of sp³-hybridized carbons (Fsp3) is 0.154. The van der Waals surface area contributed by atoms with Gasteiger partial charge in [0, 0.05) is 39.3 Å². The number of hydrogen-bond acceptors (Lipinski definition) is 4. The minimum Gasteiger partial charge on any atom is -0.493 e. The van der Waals surface area contributed by atoms with E-state index in [-0.39, 0.29) is 5.91 Å². The molecule has 0 spiro atoms. The number of nitrogens with zero attached hydrogens (tertiary/aromatic N) is 1. The van der Waals surface area contributed by atoms with Gasteiger partial charge in [0.25, 0.3) is 0 Å². The first kappa shape index (κ1) is 21.8. The summed E-state index contributed by atoms with van der Waals surface area (Å²) in [5, 5.41) is 3.76. The van der Waals surface area contributed by atoms with Crippen LogP contribution in [-0.4, -0.2) is 17.5 Å². The predicted molar refractivity (Wildman–Crippen MR) is 132 cm³/mol. The molecule has 1 amide bonds. The standard InChI is InChI=1S/C26H23BrN2O3/c1-4-31-23-13-24-21(22(15-32-24)18-6-8-19(27)9-7-18)12-20(23)17(3)11-26(30)29-25-10-5-16(2)14-28-25/h5-15H,4H2,1-3H3,(H,28,29,30)/b17-11+. The van der Waals surface area contributed by atoms with Crippen LogP contribution in [0.1, 0.15) is 25.0 Å². The first-order chi connectivity index (χ1) is 15.4. The van der Waals surface area contributed by atoms with Crippen molar-refractivity contribution in [3.8, 4) is 16.9 Å². The van der Waals surface area contributed by atoms with Crippen molar-refractivity contribution in [2.24, 2.45) is 0 Å². The molecule has 0 saturated heterocycles. The smallest absolute Gasteiger partial charge is 0.249 e. The largest absolute Gasteiger partial charge is 0.493 e. The number of fused-ring (bicyclic) bond motifs is 1. The molecule has 1 N–H and O–H groups in total. The van der Waals surface area contributed by atoms with Crippen LogP contribution < -0.4 is 10.1 Å². The quantitative estimate of drug-likeness (QED) is 0.295. The summed E-state index contributed by atoms with van der Waals surface area (Å²) in [5.41, 5.74) is 5.42. The number of benzene rings is 2. The summed E-state index contributed by atoms with van der Waals surface area (Å²) >= 11 is 3.48. The highest BCUT2D eigenvalue weighted by Gasteiger charge is 2.15. The molecule has 32 heavy (non-hydrogen) atoms. The van der Waals surface area contributed by atoms with Gasteiger partial charge in [0.1, 0.15) is 17.2 Å². The molecular weight excluding hydrogens is 468 g/mol. The highest BCUT2D eigenvalue weighted by atomic mass is 79.9. The van der Waals surface area contributed by atoms with Gasteiger partial charge >= 0.3 is 0 Å². The molecule has 0 atom stereocenters. The molecule has 0 aliphatic rings. The van der Waals surface area contributed by atoms with E-state index in [0.717, 1.165) is 43.3 Å². The molecule has 0 aliphatic carbocycles. The Hall–Kier alpha value is -3.38. The average molecular weight is 491 g/mol. The average Bonchev–Trinajstić information content (AvgIpc) is 3.18. The number of anilines is 1. The van der Waals surface area contributed by atoms with Crippen LogP contribution in [0, 0.1) is 6.92 Å². The minimum absolute atomic E-state index is 0.248. The number of halogens is 1. The molecule has 4 aromatic rings. The molecule has 162 valence electrons. The van der Waals surface area contributed by atoms with E-state index in [4.69, 9.17) is 9.15 Å². The van der Waals surface area contributed by atoms with Gasteiger partial charge in [0.15, 0.2) is 0 Å². The maximum atomic E-state index is 12.6. The van der Waals surface area contributed by atoms with Crippen molar-refractivity contribution in [1.82, 2.24) is 4.98 Å². The zero-order chi connectivity index (χ0) is 22.7. The Morgan fingerprint density at radius 3 is 2.66 bits per heavy atom. The van der Waals surface area contributed by atoms with E-state index in [1.165, 1.54) is 0 Å².